The lowest BCUT2D eigenvalue weighted by Crippen LogP contribution is -2.53. The summed E-state index contributed by atoms with van der Waals surface area (Å²) in [6, 6.07) is 0. The zero-order valence-electron chi connectivity index (χ0n) is 9.61. The first-order valence-corrected chi connectivity index (χ1v) is 6.32. The van der Waals surface area contributed by atoms with Crippen molar-refractivity contribution >= 4 is 5.97 Å². The summed E-state index contributed by atoms with van der Waals surface area (Å²) in [6.07, 6.45) is 5.51. The zero-order chi connectivity index (χ0) is 10.6. The van der Waals surface area contributed by atoms with Crippen molar-refractivity contribution < 1.29 is 9.53 Å². The lowest BCUT2D eigenvalue weighted by Gasteiger charge is -2.56. The van der Waals surface area contributed by atoms with Gasteiger partial charge in [-0.3, -0.25) is 4.79 Å². The average molecular weight is 208 g/mol. The SMILES string of the molecule is CC(=O)OC1C2CC3CC1CC(C2)C3C. The summed E-state index contributed by atoms with van der Waals surface area (Å²) in [5, 5.41) is 0. The van der Waals surface area contributed by atoms with Crippen molar-refractivity contribution in [2.45, 2.75) is 45.6 Å². The Kier molecular flexibility index (Phi) is 2.08. The molecule has 0 aliphatic heterocycles. The van der Waals surface area contributed by atoms with Gasteiger partial charge < -0.3 is 4.74 Å². The van der Waals surface area contributed by atoms with Crippen molar-refractivity contribution in [1.29, 1.82) is 0 Å². The number of ether oxygens (including phenoxy) is 1. The molecule has 0 unspecified atom stereocenters. The largest absolute Gasteiger partial charge is 0.462 e. The highest BCUT2D eigenvalue weighted by molar-refractivity contribution is 5.66. The molecule has 2 nitrogen and oxygen atoms in total. The second-order valence-corrected chi connectivity index (χ2v) is 5.92. The third kappa shape index (κ3) is 1.41. The predicted octanol–water partition coefficient (Wildman–Crippen LogP) is 2.62. The second kappa shape index (κ2) is 3.23. The summed E-state index contributed by atoms with van der Waals surface area (Å²) in [5.41, 5.74) is 0. The van der Waals surface area contributed by atoms with E-state index in [1.165, 1.54) is 25.7 Å². The summed E-state index contributed by atoms with van der Waals surface area (Å²) < 4.78 is 5.52. The van der Waals surface area contributed by atoms with E-state index in [1.807, 2.05) is 0 Å². The molecule has 84 valence electrons. The molecule has 0 saturated heterocycles. The van der Waals surface area contributed by atoms with Gasteiger partial charge in [-0.05, 0) is 55.3 Å². The van der Waals surface area contributed by atoms with Crippen molar-refractivity contribution in [1.82, 2.24) is 0 Å². The second-order valence-electron chi connectivity index (χ2n) is 5.92. The molecule has 0 N–H and O–H groups in total. The Morgan fingerprint density at radius 1 is 1.00 bits per heavy atom. The summed E-state index contributed by atoms with van der Waals surface area (Å²) in [7, 11) is 0. The molecule has 0 aromatic carbocycles. The zero-order valence-corrected chi connectivity index (χ0v) is 9.61. The maximum atomic E-state index is 11.1. The standard InChI is InChI=1S/C13H20O2/c1-7-9-3-11-5-10(7)6-12(4-9)13(11)15-8(2)14/h7,9-13H,3-6H2,1-2H3. The molecular formula is C13H20O2. The molecule has 2 heteroatoms. The van der Waals surface area contributed by atoms with Crippen molar-refractivity contribution in [3.63, 3.8) is 0 Å². The van der Waals surface area contributed by atoms with E-state index < -0.39 is 0 Å². The van der Waals surface area contributed by atoms with Gasteiger partial charge in [0.15, 0.2) is 0 Å². The molecule has 0 heterocycles. The van der Waals surface area contributed by atoms with Gasteiger partial charge in [0.25, 0.3) is 0 Å². The number of hydrogen-bond acceptors (Lipinski definition) is 2. The monoisotopic (exact) mass is 208 g/mol. The molecule has 0 radical (unpaired) electrons. The van der Waals surface area contributed by atoms with Gasteiger partial charge in [-0.1, -0.05) is 6.92 Å². The van der Waals surface area contributed by atoms with Crippen LogP contribution >= 0.6 is 0 Å². The number of hydrogen-bond donors (Lipinski definition) is 0. The number of esters is 1. The Hall–Kier alpha value is -0.530. The fraction of sp³-hybridized carbons (Fsp3) is 0.923. The molecule has 4 aliphatic rings. The van der Waals surface area contributed by atoms with Crippen LogP contribution in [0.2, 0.25) is 0 Å². The highest BCUT2D eigenvalue weighted by atomic mass is 16.5. The van der Waals surface area contributed by atoms with Gasteiger partial charge in [-0.25, -0.2) is 0 Å². The summed E-state index contributed by atoms with van der Waals surface area (Å²) in [4.78, 5) is 11.1. The number of carbonyl (C=O) groups excluding carboxylic acids is 1. The minimum atomic E-state index is -0.0829. The van der Waals surface area contributed by atoms with Crippen LogP contribution in [-0.4, -0.2) is 12.1 Å². The Morgan fingerprint density at radius 3 is 1.87 bits per heavy atom. The predicted molar refractivity (Wildman–Crippen MR) is 57.1 cm³/mol. The lowest BCUT2D eigenvalue weighted by atomic mass is 9.51. The summed E-state index contributed by atoms with van der Waals surface area (Å²) in [6.45, 7) is 3.97. The summed E-state index contributed by atoms with van der Waals surface area (Å²) >= 11 is 0. The van der Waals surface area contributed by atoms with E-state index in [0.717, 1.165) is 17.8 Å². The van der Waals surface area contributed by atoms with Crippen molar-refractivity contribution in [3.05, 3.63) is 0 Å². The summed E-state index contributed by atoms with van der Waals surface area (Å²) in [5.74, 6) is 4.08. The highest BCUT2D eigenvalue weighted by Gasteiger charge is 2.52. The maximum Gasteiger partial charge on any atom is 0.302 e. The molecule has 0 aromatic heterocycles. The molecule has 0 spiro atoms. The van der Waals surface area contributed by atoms with Crippen LogP contribution in [0.25, 0.3) is 0 Å². The third-order valence-corrected chi connectivity index (χ3v) is 5.14. The molecule has 4 fully saturated rings. The van der Waals surface area contributed by atoms with E-state index in [9.17, 15) is 4.79 Å². The first-order chi connectivity index (χ1) is 7.15. The molecule has 0 aromatic rings. The average Bonchev–Trinajstić information content (AvgIpc) is 2.14. The quantitative estimate of drug-likeness (QED) is 0.619. The van der Waals surface area contributed by atoms with Gasteiger partial charge in [0, 0.05) is 6.92 Å². The van der Waals surface area contributed by atoms with Crippen molar-refractivity contribution in [3.8, 4) is 0 Å². The van der Waals surface area contributed by atoms with Crippen molar-refractivity contribution in [2.75, 3.05) is 0 Å². The third-order valence-electron chi connectivity index (χ3n) is 5.14. The van der Waals surface area contributed by atoms with E-state index in [2.05, 4.69) is 6.92 Å². The maximum absolute atomic E-state index is 11.1. The minimum absolute atomic E-state index is 0.0829. The molecule has 4 bridgehead atoms. The number of rotatable bonds is 1. The van der Waals surface area contributed by atoms with Gasteiger partial charge in [-0.2, -0.15) is 0 Å². The van der Waals surface area contributed by atoms with Crippen LogP contribution in [0.4, 0.5) is 0 Å². The molecule has 15 heavy (non-hydrogen) atoms. The normalized spacial score (nSPS) is 51.9. The molecule has 4 rings (SSSR count). The minimum Gasteiger partial charge on any atom is -0.462 e. The molecule has 4 saturated carbocycles. The smallest absolute Gasteiger partial charge is 0.302 e. The Morgan fingerprint density at radius 2 is 1.47 bits per heavy atom. The van der Waals surface area contributed by atoms with Crippen LogP contribution in [0.5, 0.6) is 0 Å². The van der Waals surface area contributed by atoms with E-state index in [4.69, 9.17) is 4.74 Å². The molecular weight excluding hydrogens is 188 g/mol. The molecule has 4 aliphatic carbocycles. The van der Waals surface area contributed by atoms with Crippen molar-refractivity contribution in [2.24, 2.45) is 29.6 Å². The van der Waals surface area contributed by atoms with Gasteiger partial charge in [-0.15, -0.1) is 0 Å². The first kappa shape index (κ1) is 9.68. The van der Waals surface area contributed by atoms with Crippen LogP contribution in [0.15, 0.2) is 0 Å². The van der Waals surface area contributed by atoms with Gasteiger partial charge in [0.2, 0.25) is 0 Å². The van der Waals surface area contributed by atoms with E-state index in [1.54, 1.807) is 6.92 Å². The van der Waals surface area contributed by atoms with Crippen LogP contribution in [0.3, 0.4) is 0 Å². The van der Waals surface area contributed by atoms with Gasteiger partial charge >= 0.3 is 5.97 Å². The Balaban J connectivity index is 1.78. The topological polar surface area (TPSA) is 26.3 Å². The van der Waals surface area contributed by atoms with E-state index in [0.29, 0.717) is 11.8 Å². The van der Waals surface area contributed by atoms with Crippen LogP contribution < -0.4 is 0 Å². The molecule has 0 atom stereocenters. The Bertz CT molecular complexity index is 254. The lowest BCUT2D eigenvalue weighted by molar-refractivity contribution is -0.173. The van der Waals surface area contributed by atoms with Crippen LogP contribution in [-0.2, 0) is 9.53 Å². The van der Waals surface area contributed by atoms with Gasteiger partial charge in [0.1, 0.15) is 6.10 Å². The van der Waals surface area contributed by atoms with E-state index in [-0.39, 0.29) is 12.1 Å². The van der Waals surface area contributed by atoms with Gasteiger partial charge in [0.05, 0.1) is 0 Å². The molecule has 0 amide bonds. The van der Waals surface area contributed by atoms with Crippen LogP contribution in [0, 0.1) is 29.6 Å². The Labute approximate surface area is 91.4 Å². The number of carbonyl (C=O) groups is 1. The highest BCUT2D eigenvalue weighted by Crippen LogP contribution is 2.57. The van der Waals surface area contributed by atoms with E-state index >= 15 is 0 Å². The first-order valence-electron chi connectivity index (χ1n) is 6.32. The van der Waals surface area contributed by atoms with Crippen LogP contribution in [0.1, 0.15) is 39.5 Å². The fourth-order valence-corrected chi connectivity index (χ4v) is 4.49. The fourth-order valence-electron chi connectivity index (χ4n) is 4.49.